The summed E-state index contributed by atoms with van der Waals surface area (Å²) in [5.74, 6) is -0.644. The zero-order valence-electron chi connectivity index (χ0n) is 12.1. The largest absolute Gasteiger partial charge is 0.492 e. The van der Waals surface area contributed by atoms with Crippen LogP contribution in [-0.2, 0) is 6.18 Å². The van der Waals surface area contributed by atoms with Gasteiger partial charge in [-0.15, -0.1) is 0 Å². The van der Waals surface area contributed by atoms with Crippen LogP contribution in [0.3, 0.4) is 0 Å². The Hall–Kier alpha value is -1.76. The highest BCUT2D eigenvalue weighted by Crippen LogP contribution is 2.36. The average Bonchev–Trinajstić information content (AvgIpc) is 2.42. The fraction of sp³-hybridized carbons (Fsp3) is 0.500. The van der Waals surface area contributed by atoms with Gasteiger partial charge in [0.05, 0.1) is 5.56 Å². The summed E-state index contributed by atoms with van der Waals surface area (Å²) < 4.78 is 44.3. The Labute approximate surface area is 122 Å². The zero-order valence-corrected chi connectivity index (χ0v) is 12.1. The predicted octanol–water partition coefficient (Wildman–Crippen LogP) is 2.71. The van der Waals surface area contributed by atoms with Crippen LogP contribution in [0.1, 0.15) is 25.0 Å². The normalized spacial score (nSPS) is 11.7. The molecule has 1 rings (SSSR count). The van der Waals surface area contributed by atoms with Crippen molar-refractivity contribution in [3.63, 3.8) is 0 Å². The van der Waals surface area contributed by atoms with Gasteiger partial charge in [-0.3, -0.25) is 5.41 Å². The molecular weight excluding hydrogens is 283 g/mol. The number of alkyl halides is 3. The lowest BCUT2D eigenvalue weighted by Crippen LogP contribution is -2.28. The van der Waals surface area contributed by atoms with Gasteiger partial charge in [0.1, 0.15) is 18.2 Å². The van der Waals surface area contributed by atoms with E-state index >= 15 is 0 Å². The van der Waals surface area contributed by atoms with Crippen LogP contribution < -0.4 is 10.5 Å². The van der Waals surface area contributed by atoms with Crippen molar-refractivity contribution in [3.8, 4) is 5.75 Å². The van der Waals surface area contributed by atoms with Crippen molar-refractivity contribution in [1.29, 1.82) is 5.41 Å². The topological polar surface area (TPSA) is 62.3 Å². The summed E-state index contributed by atoms with van der Waals surface area (Å²) in [5.41, 5.74) is 4.34. The molecule has 0 aliphatic carbocycles. The van der Waals surface area contributed by atoms with Gasteiger partial charge >= 0.3 is 6.18 Å². The molecule has 0 spiro atoms. The number of benzene rings is 1. The SMILES string of the molecule is CCN(CC)CCOc1ccc(C(=N)N)cc1C(F)(F)F. The van der Waals surface area contributed by atoms with E-state index in [0.717, 1.165) is 19.2 Å². The van der Waals surface area contributed by atoms with E-state index in [1.54, 1.807) is 0 Å². The Balaban J connectivity index is 2.88. The third-order valence-electron chi connectivity index (χ3n) is 3.16. The van der Waals surface area contributed by atoms with Crippen molar-refractivity contribution in [2.45, 2.75) is 20.0 Å². The lowest BCUT2D eigenvalue weighted by molar-refractivity contribution is -0.139. The third-order valence-corrected chi connectivity index (χ3v) is 3.16. The highest BCUT2D eigenvalue weighted by Gasteiger charge is 2.34. The Kier molecular flexibility index (Phi) is 6.02. The molecule has 0 fully saturated rings. The Morgan fingerprint density at radius 3 is 2.38 bits per heavy atom. The quantitative estimate of drug-likeness (QED) is 0.601. The van der Waals surface area contributed by atoms with E-state index in [2.05, 4.69) is 4.90 Å². The number of nitrogens with one attached hydrogen (secondary N) is 1. The molecule has 0 aromatic heterocycles. The van der Waals surface area contributed by atoms with Crippen molar-refractivity contribution >= 4 is 5.84 Å². The van der Waals surface area contributed by atoms with Crippen LogP contribution in [0.2, 0.25) is 0 Å². The number of nitrogens with zero attached hydrogens (tertiary/aromatic N) is 1. The molecule has 3 N–H and O–H groups in total. The van der Waals surface area contributed by atoms with E-state index in [1.165, 1.54) is 12.1 Å². The van der Waals surface area contributed by atoms with Gasteiger partial charge in [-0.05, 0) is 31.3 Å². The number of nitrogen functional groups attached to an aromatic ring is 1. The summed E-state index contributed by atoms with van der Waals surface area (Å²) >= 11 is 0. The highest BCUT2D eigenvalue weighted by molar-refractivity contribution is 5.95. The highest BCUT2D eigenvalue weighted by atomic mass is 19.4. The molecular formula is C14H20F3N3O. The molecule has 0 radical (unpaired) electrons. The molecule has 0 amide bonds. The maximum atomic E-state index is 13.0. The summed E-state index contributed by atoms with van der Waals surface area (Å²) in [7, 11) is 0. The number of rotatable bonds is 7. The summed E-state index contributed by atoms with van der Waals surface area (Å²) in [6.45, 7) is 6.31. The van der Waals surface area contributed by atoms with Crippen molar-refractivity contribution in [1.82, 2.24) is 4.90 Å². The first kappa shape index (κ1) is 17.3. The standard InChI is InChI=1S/C14H20F3N3O/c1-3-20(4-2)7-8-21-12-6-5-10(13(18)19)9-11(12)14(15,16)17/h5-6,9H,3-4,7-8H2,1-2H3,(H3,18,19). The molecule has 118 valence electrons. The van der Waals surface area contributed by atoms with E-state index in [4.69, 9.17) is 15.9 Å². The second-order valence-electron chi connectivity index (χ2n) is 4.50. The van der Waals surface area contributed by atoms with Gasteiger partial charge < -0.3 is 15.4 Å². The van der Waals surface area contributed by atoms with Crippen molar-refractivity contribution in [3.05, 3.63) is 29.3 Å². The first-order valence-corrected chi connectivity index (χ1v) is 6.70. The summed E-state index contributed by atoms with van der Waals surface area (Å²) in [6, 6.07) is 3.40. The molecule has 0 aliphatic rings. The molecule has 4 nitrogen and oxygen atoms in total. The van der Waals surface area contributed by atoms with E-state index in [0.29, 0.717) is 6.54 Å². The molecule has 21 heavy (non-hydrogen) atoms. The molecule has 0 heterocycles. The van der Waals surface area contributed by atoms with Crippen molar-refractivity contribution in [2.75, 3.05) is 26.2 Å². The molecule has 1 aromatic rings. The summed E-state index contributed by atoms with van der Waals surface area (Å²) in [4.78, 5) is 2.05. The molecule has 0 unspecified atom stereocenters. The van der Waals surface area contributed by atoms with Crippen LogP contribution in [0.15, 0.2) is 18.2 Å². The summed E-state index contributed by atoms with van der Waals surface area (Å²) in [5, 5.41) is 7.21. The van der Waals surface area contributed by atoms with Crippen LogP contribution in [0, 0.1) is 5.41 Å². The zero-order chi connectivity index (χ0) is 16.0. The molecule has 0 bridgehead atoms. The van der Waals surface area contributed by atoms with Crippen LogP contribution in [0.5, 0.6) is 5.75 Å². The predicted molar refractivity (Wildman–Crippen MR) is 75.7 cm³/mol. The molecule has 0 saturated heterocycles. The van der Waals surface area contributed by atoms with E-state index < -0.39 is 17.6 Å². The second kappa shape index (κ2) is 7.31. The minimum absolute atomic E-state index is 0.0263. The molecule has 1 aromatic carbocycles. The van der Waals surface area contributed by atoms with Crippen LogP contribution in [0.25, 0.3) is 0 Å². The third kappa shape index (κ3) is 4.93. The number of hydrogen-bond acceptors (Lipinski definition) is 3. The minimum Gasteiger partial charge on any atom is -0.492 e. The average molecular weight is 303 g/mol. The lowest BCUT2D eigenvalue weighted by Gasteiger charge is -2.19. The van der Waals surface area contributed by atoms with E-state index in [1.807, 2.05) is 13.8 Å². The van der Waals surface area contributed by atoms with Gasteiger partial charge in [-0.2, -0.15) is 13.2 Å². The van der Waals surface area contributed by atoms with Gasteiger partial charge in [0.25, 0.3) is 0 Å². The number of likely N-dealkylation sites (N-methyl/N-ethyl adjacent to an activating group) is 1. The van der Waals surface area contributed by atoms with Gasteiger partial charge in [-0.1, -0.05) is 13.8 Å². The number of amidine groups is 1. The van der Waals surface area contributed by atoms with Crippen LogP contribution >= 0.6 is 0 Å². The number of halogens is 3. The van der Waals surface area contributed by atoms with E-state index in [-0.39, 0.29) is 17.9 Å². The lowest BCUT2D eigenvalue weighted by atomic mass is 10.1. The van der Waals surface area contributed by atoms with Gasteiger partial charge in [0.2, 0.25) is 0 Å². The molecule has 0 aliphatic heterocycles. The fourth-order valence-electron chi connectivity index (χ4n) is 1.87. The van der Waals surface area contributed by atoms with Crippen LogP contribution in [0.4, 0.5) is 13.2 Å². The number of ether oxygens (including phenoxy) is 1. The van der Waals surface area contributed by atoms with Crippen molar-refractivity contribution < 1.29 is 17.9 Å². The monoisotopic (exact) mass is 303 g/mol. The Bertz CT molecular complexity index is 485. The number of hydrogen-bond donors (Lipinski definition) is 2. The van der Waals surface area contributed by atoms with Gasteiger partial charge in [0.15, 0.2) is 0 Å². The Morgan fingerprint density at radius 2 is 1.90 bits per heavy atom. The fourth-order valence-corrected chi connectivity index (χ4v) is 1.87. The number of nitrogens with two attached hydrogens (primary N) is 1. The maximum Gasteiger partial charge on any atom is 0.419 e. The Morgan fingerprint density at radius 1 is 1.29 bits per heavy atom. The van der Waals surface area contributed by atoms with Crippen LogP contribution in [-0.4, -0.2) is 37.0 Å². The van der Waals surface area contributed by atoms with Gasteiger partial charge in [-0.25, -0.2) is 0 Å². The minimum atomic E-state index is -4.55. The first-order chi connectivity index (χ1) is 9.79. The van der Waals surface area contributed by atoms with Crippen molar-refractivity contribution in [2.24, 2.45) is 5.73 Å². The summed E-state index contributed by atoms with van der Waals surface area (Å²) in [6.07, 6.45) is -4.55. The molecule has 7 heteroatoms. The molecule has 0 atom stereocenters. The van der Waals surface area contributed by atoms with E-state index in [9.17, 15) is 13.2 Å². The van der Waals surface area contributed by atoms with Gasteiger partial charge in [0, 0.05) is 12.1 Å². The smallest absolute Gasteiger partial charge is 0.419 e. The maximum absolute atomic E-state index is 13.0. The second-order valence-corrected chi connectivity index (χ2v) is 4.50. The first-order valence-electron chi connectivity index (χ1n) is 6.70. The molecule has 0 saturated carbocycles.